The van der Waals surface area contributed by atoms with Crippen LogP contribution in [0.4, 0.5) is 5.69 Å². The molecule has 10 heteroatoms. The summed E-state index contributed by atoms with van der Waals surface area (Å²) in [5, 5.41) is 12.3. The molecule has 2 amide bonds. The Morgan fingerprint density at radius 2 is 1.55 bits per heavy atom. The molecule has 2 saturated heterocycles. The monoisotopic (exact) mass is 685 g/mol. The number of benzene rings is 1. The number of amides is 2. The number of nitrogens with one attached hydrogen (secondary N) is 1. The topological polar surface area (TPSA) is 116 Å². The van der Waals surface area contributed by atoms with Gasteiger partial charge < -0.3 is 20.2 Å². The number of thiophene rings is 1. The standard InChI is InChI=1S/C39H51N5O4S/c1-5-25-6-10-27(11-7-25)28-16-18-43(19-17-28)31-21-40-35(41-22-31)29-12-8-26(9-13-29)20-32(37(46)44-23-30(24-44)38(47)48)42-36(45)33-14-15-34(49-33)39(2,3)4/h8-9,12-15,21-22,25,27-28,30,32H,5-7,10-11,16-20,23-24H2,1-4H3,(H,42,45)(H,47,48)/t25?,27?,32-/m0/s1. The third kappa shape index (κ3) is 8.34. The second-order valence-corrected chi connectivity index (χ2v) is 16.5. The van der Waals surface area contributed by atoms with Gasteiger partial charge in [0.25, 0.3) is 5.91 Å². The van der Waals surface area contributed by atoms with Crippen molar-refractivity contribution >= 4 is 34.8 Å². The zero-order chi connectivity index (χ0) is 34.7. The Morgan fingerprint density at radius 1 is 0.918 bits per heavy atom. The van der Waals surface area contributed by atoms with E-state index in [1.54, 1.807) is 6.07 Å². The maximum Gasteiger partial charge on any atom is 0.310 e. The summed E-state index contributed by atoms with van der Waals surface area (Å²) in [7, 11) is 0. The van der Waals surface area contributed by atoms with Gasteiger partial charge in [-0.3, -0.25) is 14.4 Å². The molecule has 6 rings (SSSR count). The van der Waals surface area contributed by atoms with Gasteiger partial charge in [-0.2, -0.15) is 0 Å². The molecule has 0 unspecified atom stereocenters. The van der Waals surface area contributed by atoms with E-state index in [4.69, 9.17) is 9.97 Å². The fraction of sp³-hybridized carbons (Fsp3) is 0.564. The molecule has 3 fully saturated rings. The van der Waals surface area contributed by atoms with Gasteiger partial charge in [0.1, 0.15) is 6.04 Å². The first-order chi connectivity index (χ1) is 23.5. The zero-order valence-corrected chi connectivity index (χ0v) is 30.2. The fourth-order valence-electron chi connectivity index (χ4n) is 7.68. The lowest BCUT2D eigenvalue weighted by molar-refractivity contribution is -0.153. The maximum absolute atomic E-state index is 13.5. The molecule has 3 aromatic rings. The molecule has 1 aromatic carbocycles. The summed E-state index contributed by atoms with van der Waals surface area (Å²) < 4.78 is 0. The lowest BCUT2D eigenvalue weighted by atomic mass is 9.72. The maximum atomic E-state index is 13.5. The van der Waals surface area contributed by atoms with Gasteiger partial charge in [-0.15, -0.1) is 11.3 Å². The van der Waals surface area contributed by atoms with Crippen molar-refractivity contribution < 1.29 is 19.5 Å². The Kier molecular flexibility index (Phi) is 10.7. The summed E-state index contributed by atoms with van der Waals surface area (Å²) in [6.07, 6.45) is 13.6. The Balaban J connectivity index is 1.07. The third-order valence-corrected chi connectivity index (χ3v) is 12.6. The summed E-state index contributed by atoms with van der Waals surface area (Å²) >= 11 is 1.42. The molecule has 0 bridgehead atoms. The number of carboxylic acid groups (broad SMARTS) is 1. The number of hydrogen-bond acceptors (Lipinski definition) is 7. The first-order valence-electron chi connectivity index (χ1n) is 18.1. The van der Waals surface area contributed by atoms with Crippen molar-refractivity contribution in [3.63, 3.8) is 0 Å². The highest BCUT2D eigenvalue weighted by Crippen LogP contribution is 2.39. The van der Waals surface area contributed by atoms with Crippen LogP contribution in [0.2, 0.25) is 0 Å². The number of aliphatic carboxylic acids is 1. The highest BCUT2D eigenvalue weighted by atomic mass is 32.1. The van der Waals surface area contributed by atoms with Crippen LogP contribution in [0.25, 0.3) is 11.4 Å². The molecule has 1 saturated carbocycles. The van der Waals surface area contributed by atoms with Gasteiger partial charge >= 0.3 is 5.97 Å². The van der Waals surface area contributed by atoms with Crippen LogP contribution in [-0.4, -0.2) is 70.0 Å². The highest BCUT2D eigenvalue weighted by molar-refractivity contribution is 7.14. The SMILES string of the molecule is CCC1CCC(C2CCN(c3cnc(-c4ccc(C[C@H](NC(=O)c5ccc(C(C)(C)C)s5)C(=O)N5CC(C(=O)O)C5)cc4)nc3)CC2)CC1. The second-order valence-electron chi connectivity index (χ2n) is 15.4. The van der Waals surface area contributed by atoms with Gasteiger partial charge in [-0.05, 0) is 66.5 Å². The number of nitrogens with zero attached hydrogens (tertiary/aromatic N) is 4. The van der Waals surface area contributed by atoms with Crippen LogP contribution in [0.15, 0.2) is 48.8 Å². The second kappa shape index (κ2) is 15.0. The number of anilines is 1. The van der Waals surface area contributed by atoms with Crippen molar-refractivity contribution in [2.24, 2.45) is 23.7 Å². The van der Waals surface area contributed by atoms with Gasteiger partial charge in [-0.25, -0.2) is 9.97 Å². The Morgan fingerprint density at radius 3 is 2.12 bits per heavy atom. The van der Waals surface area contributed by atoms with Crippen LogP contribution in [0.3, 0.4) is 0 Å². The average Bonchev–Trinajstić information content (AvgIpc) is 3.60. The highest BCUT2D eigenvalue weighted by Gasteiger charge is 2.39. The predicted octanol–water partition coefficient (Wildman–Crippen LogP) is 6.82. The van der Waals surface area contributed by atoms with Crippen LogP contribution < -0.4 is 10.2 Å². The van der Waals surface area contributed by atoms with Crippen LogP contribution >= 0.6 is 11.3 Å². The van der Waals surface area contributed by atoms with Crippen molar-refractivity contribution in [1.82, 2.24) is 20.2 Å². The Labute approximate surface area is 294 Å². The number of rotatable bonds is 10. The molecule has 2 aliphatic heterocycles. The van der Waals surface area contributed by atoms with Crippen molar-refractivity contribution in [1.29, 1.82) is 0 Å². The van der Waals surface area contributed by atoms with Crippen molar-refractivity contribution in [3.05, 3.63) is 64.1 Å². The van der Waals surface area contributed by atoms with E-state index in [9.17, 15) is 19.5 Å². The lowest BCUT2D eigenvalue weighted by Crippen LogP contribution is -2.59. The number of aromatic nitrogens is 2. The molecular weight excluding hydrogens is 635 g/mol. The number of carboxylic acids is 1. The molecule has 0 radical (unpaired) electrons. The first-order valence-corrected chi connectivity index (χ1v) is 18.9. The normalized spacial score (nSPS) is 21.2. The molecule has 3 aliphatic rings. The van der Waals surface area contributed by atoms with Gasteiger partial charge in [-0.1, -0.05) is 71.2 Å². The average molecular weight is 686 g/mol. The van der Waals surface area contributed by atoms with Crippen molar-refractivity contribution in [2.75, 3.05) is 31.1 Å². The third-order valence-electron chi connectivity index (χ3n) is 11.0. The van der Waals surface area contributed by atoms with E-state index >= 15 is 0 Å². The van der Waals surface area contributed by atoms with Gasteiger partial charge in [0, 0.05) is 43.0 Å². The summed E-state index contributed by atoms with van der Waals surface area (Å²) in [6.45, 7) is 11.0. The number of carbonyl (C=O) groups is 3. The summed E-state index contributed by atoms with van der Waals surface area (Å²) in [5.74, 6) is 1.29. The van der Waals surface area contributed by atoms with Crippen molar-refractivity contribution in [2.45, 2.75) is 90.5 Å². The number of hydrogen-bond donors (Lipinski definition) is 2. The van der Waals surface area contributed by atoms with Gasteiger partial charge in [0.2, 0.25) is 5.91 Å². The Hall–Kier alpha value is -3.79. The lowest BCUT2D eigenvalue weighted by Gasteiger charge is -2.39. The minimum absolute atomic E-state index is 0.0855. The minimum atomic E-state index is -0.909. The van der Waals surface area contributed by atoms with Crippen LogP contribution in [0.1, 0.15) is 92.8 Å². The molecule has 1 aliphatic carbocycles. The van der Waals surface area contributed by atoms with E-state index in [1.807, 2.05) is 42.7 Å². The van der Waals surface area contributed by atoms with E-state index in [2.05, 4.69) is 37.9 Å². The number of piperidine rings is 1. The molecule has 4 heterocycles. The van der Waals surface area contributed by atoms with Crippen LogP contribution in [0.5, 0.6) is 0 Å². The smallest absolute Gasteiger partial charge is 0.310 e. The largest absolute Gasteiger partial charge is 0.481 e. The van der Waals surface area contributed by atoms with E-state index in [1.165, 1.54) is 61.2 Å². The van der Waals surface area contributed by atoms with E-state index in [0.29, 0.717) is 10.7 Å². The number of carbonyl (C=O) groups excluding carboxylic acids is 2. The fourth-order valence-corrected chi connectivity index (χ4v) is 8.65. The molecule has 1 atom stereocenters. The minimum Gasteiger partial charge on any atom is -0.481 e. The van der Waals surface area contributed by atoms with Crippen LogP contribution in [0, 0.1) is 23.7 Å². The molecular formula is C39H51N5O4S. The number of likely N-dealkylation sites (tertiary alicyclic amines) is 1. The van der Waals surface area contributed by atoms with Gasteiger partial charge in [0.05, 0.1) is 28.9 Å². The molecule has 2 N–H and O–H groups in total. The van der Waals surface area contributed by atoms with Gasteiger partial charge in [0.15, 0.2) is 5.82 Å². The molecule has 262 valence electrons. The quantitative estimate of drug-likeness (QED) is 0.241. The van der Waals surface area contributed by atoms with E-state index < -0.39 is 17.9 Å². The molecule has 2 aromatic heterocycles. The molecule has 9 nitrogen and oxygen atoms in total. The zero-order valence-electron chi connectivity index (χ0n) is 29.4. The molecule has 49 heavy (non-hydrogen) atoms. The van der Waals surface area contributed by atoms with Crippen LogP contribution in [-0.2, 0) is 21.4 Å². The Bertz CT molecular complexity index is 1590. The first kappa shape index (κ1) is 35.1. The summed E-state index contributed by atoms with van der Waals surface area (Å²) in [4.78, 5) is 53.1. The predicted molar refractivity (Wildman–Crippen MR) is 194 cm³/mol. The summed E-state index contributed by atoms with van der Waals surface area (Å²) in [5.41, 5.74) is 2.74. The molecule has 0 spiro atoms. The van der Waals surface area contributed by atoms with Crippen molar-refractivity contribution in [3.8, 4) is 11.4 Å². The van der Waals surface area contributed by atoms with E-state index in [-0.39, 0.29) is 36.7 Å². The van der Waals surface area contributed by atoms with E-state index in [0.717, 1.165) is 52.5 Å². The summed E-state index contributed by atoms with van der Waals surface area (Å²) in [6, 6.07) is 10.7.